The summed E-state index contributed by atoms with van der Waals surface area (Å²) in [7, 11) is 0. The Balaban J connectivity index is 1.64. The predicted octanol–water partition coefficient (Wildman–Crippen LogP) is 3.81. The minimum atomic E-state index is 0.556. The van der Waals surface area contributed by atoms with Crippen molar-refractivity contribution in [2.24, 2.45) is 5.41 Å². The molecule has 2 aliphatic rings. The van der Waals surface area contributed by atoms with Gasteiger partial charge in [-0.2, -0.15) is 0 Å². The Kier molecular flexibility index (Phi) is 3.30. The molecule has 19 heavy (non-hydrogen) atoms. The molecule has 2 aliphatic carbocycles. The number of benzene rings is 1. The molecule has 2 nitrogen and oxygen atoms in total. The molecule has 0 radical (unpaired) electrons. The van der Waals surface area contributed by atoms with Gasteiger partial charge in [0.2, 0.25) is 0 Å². The molecule has 1 fully saturated rings. The fraction of sp³-hybridized carbons (Fsp3) is 0.647. The van der Waals surface area contributed by atoms with Crippen LogP contribution >= 0.6 is 0 Å². The number of anilines is 1. The summed E-state index contributed by atoms with van der Waals surface area (Å²) < 4.78 is 0. The van der Waals surface area contributed by atoms with E-state index in [9.17, 15) is 0 Å². The summed E-state index contributed by atoms with van der Waals surface area (Å²) in [5.41, 5.74) is 10.3. The summed E-state index contributed by atoms with van der Waals surface area (Å²) >= 11 is 0. The molecule has 0 saturated heterocycles. The van der Waals surface area contributed by atoms with E-state index < -0.39 is 0 Å². The Morgan fingerprint density at radius 3 is 2.63 bits per heavy atom. The highest BCUT2D eigenvalue weighted by atomic mass is 15.0. The second kappa shape index (κ2) is 4.82. The van der Waals surface area contributed by atoms with E-state index in [1.807, 2.05) is 6.07 Å². The molecule has 3 rings (SSSR count). The number of hydrogen-bond donors (Lipinski definition) is 2. The SMILES string of the molecule is CC1(C)CCC(NC2CCc3cc(N)ccc32)CC1. The van der Waals surface area contributed by atoms with Crippen LogP contribution in [0.2, 0.25) is 0 Å². The third kappa shape index (κ3) is 2.79. The van der Waals surface area contributed by atoms with E-state index in [-0.39, 0.29) is 0 Å². The van der Waals surface area contributed by atoms with Crippen molar-refractivity contribution in [1.82, 2.24) is 5.32 Å². The van der Waals surface area contributed by atoms with E-state index in [0.29, 0.717) is 17.5 Å². The number of fused-ring (bicyclic) bond motifs is 1. The van der Waals surface area contributed by atoms with Crippen LogP contribution in [0.5, 0.6) is 0 Å². The van der Waals surface area contributed by atoms with Gasteiger partial charge in [0.05, 0.1) is 0 Å². The lowest BCUT2D eigenvalue weighted by Crippen LogP contribution is -2.37. The number of nitrogens with two attached hydrogens (primary N) is 1. The molecular weight excluding hydrogens is 232 g/mol. The van der Waals surface area contributed by atoms with Crippen LogP contribution in [0.1, 0.15) is 63.1 Å². The Morgan fingerprint density at radius 2 is 1.89 bits per heavy atom. The van der Waals surface area contributed by atoms with E-state index in [2.05, 4.69) is 31.3 Å². The van der Waals surface area contributed by atoms with Crippen LogP contribution in [-0.4, -0.2) is 6.04 Å². The van der Waals surface area contributed by atoms with Gasteiger partial charge in [-0.15, -0.1) is 0 Å². The van der Waals surface area contributed by atoms with Crippen molar-refractivity contribution >= 4 is 5.69 Å². The Hall–Kier alpha value is -1.02. The molecule has 1 atom stereocenters. The summed E-state index contributed by atoms with van der Waals surface area (Å²) in [5, 5.41) is 3.89. The van der Waals surface area contributed by atoms with E-state index in [4.69, 9.17) is 5.73 Å². The number of hydrogen-bond acceptors (Lipinski definition) is 2. The van der Waals surface area contributed by atoms with Gasteiger partial charge in [0.15, 0.2) is 0 Å². The van der Waals surface area contributed by atoms with E-state index in [1.165, 1.54) is 49.7 Å². The van der Waals surface area contributed by atoms with Gasteiger partial charge in [-0.3, -0.25) is 0 Å². The number of aryl methyl sites for hydroxylation is 1. The molecule has 1 saturated carbocycles. The lowest BCUT2D eigenvalue weighted by molar-refractivity contribution is 0.198. The number of nitrogen functional groups attached to an aromatic ring is 1. The molecule has 0 bridgehead atoms. The third-order valence-corrected chi connectivity index (χ3v) is 5.02. The van der Waals surface area contributed by atoms with Gasteiger partial charge < -0.3 is 11.1 Å². The fourth-order valence-electron chi connectivity index (χ4n) is 3.66. The highest BCUT2D eigenvalue weighted by Gasteiger charge is 2.30. The van der Waals surface area contributed by atoms with Gasteiger partial charge in [0, 0.05) is 17.8 Å². The van der Waals surface area contributed by atoms with E-state index in [1.54, 1.807) is 0 Å². The maximum atomic E-state index is 5.87. The molecule has 0 aliphatic heterocycles. The van der Waals surface area contributed by atoms with Crippen molar-refractivity contribution in [1.29, 1.82) is 0 Å². The van der Waals surface area contributed by atoms with Crippen LogP contribution < -0.4 is 11.1 Å². The first kappa shape index (κ1) is 13.0. The molecule has 0 amide bonds. The zero-order valence-corrected chi connectivity index (χ0v) is 12.2. The van der Waals surface area contributed by atoms with Gasteiger partial charge in [-0.25, -0.2) is 0 Å². The van der Waals surface area contributed by atoms with E-state index in [0.717, 1.165) is 5.69 Å². The molecular formula is C17H26N2. The van der Waals surface area contributed by atoms with Gasteiger partial charge in [-0.05, 0) is 67.2 Å². The van der Waals surface area contributed by atoms with Gasteiger partial charge in [0.1, 0.15) is 0 Å². The minimum Gasteiger partial charge on any atom is -0.399 e. The summed E-state index contributed by atoms with van der Waals surface area (Å²) in [6.07, 6.45) is 7.77. The molecule has 0 aromatic heterocycles. The molecule has 3 N–H and O–H groups in total. The Bertz CT molecular complexity index is 454. The number of nitrogens with one attached hydrogen (secondary N) is 1. The zero-order valence-electron chi connectivity index (χ0n) is 12.2. The topological polar surface area (TPSA) is 38.0 Å². The largest absolute Gasteiger partial charge is 0.399 e. The Labute approximate surface area is 116 Å². The van der Waals surface area contributed by atoms with Crippen molar-refractivity contribution in [3.05, 3.63) is 29.3 Å². The second-order valence-corrected chi connectivity index (χ2v) is 7.15. The average Bonchev–Trinajstić information content (AvgIpc) is 2.74. The van der Waals surface area contributed by atoms with Crippen LogP contribution in [0.15, 0.2) is 18.2 Å². The van der Waals surface area contributed by atoms with Crippen molar-refractivity contribution in [2.45, 2.75) is 64.5 Å². The Morgan fingerprint density at radius 1 is 1.16 bits per heavy atom. The van der Waals surface area contributed by atoms with Crippen LogP contribution in [0.4, 0.5) is 5.69 Å². The number of rotatable bonds is 2. The van der Waals surface area contributed by atoms with Crippen molar-refractivity contribution in [3.63, 3.8) is 0 Å². The molecule has 0 spiro atoms. The second-order valence-electron chi connectivity index (χ2n) is 7.15. The van der Waals surface area contributed by atoms with Crippen LogP contribution in [0, 0.1) is 5.41 Å². The van der Waals surface area contributed by atoms with Crippen LogP contribution in [-0.2, 0) is 6.42 Å². The predicted molar refractivity (Wildman–Crippen MR) is 81.1 cm³/mol. The highest BCUT2D eigenvalue weighted by Crippen LogP contribution is 2.38. The summed E-state index contributed by atoms with van der Waals surface area (Å²) in [6, 6.07) is 7.69. The normalized spacial score (nSPS) is 26.3. The molecule has 104 valence electrons. The summed E-state index contributed by atoms with van der Waals surface area (Å²) in [6.45, 7) is 4.80. The lowest BCUT2D eigenvalue weighted by Gasteiger charge is -2.36. The zero-order chi connectivity index (χ0) is 13.5. The maximum absolute atomic E-state index is 5.87. The molecule has 1 unspecified atom stereocenters. The summed E-state index contributed by atoms with van der Waals surface area (Å²) in [4.78, 5) is 0. The first-order valence-corrected chi connectivity index (χ1v) is 7.68. The maximum Gasteiger partial charge on any atom is 0.0328 e. The summed E-state index contributed by atoms with van der Waals surface area (Å²) in [5.74, 6) is 0. The smallest absolute Gasteiger partial charge is 0.0328 e. The average molecular weight is 258 g/mol. The lowest BCUT2D eigenvalue weighted by atomic mass is 9.75. The first-order chi connectivity index (χ1) is 9.03. The quantitative estimate of drug-likeness (QED) is 0.792. The molecule has 1 aromatic rings. The third-order valence-electron chi connectivity index (χ3n) is 5.02. The van der Waals surface area contributed by atoms with Crippen molar-refractivity contribution in [2.75, 3.05) is 5.73 Å². The van der Waals surface area contributed by atoms with Crippen molar-refractivity contribution in [3.8, 4) is 0 Å². The molecule has 0 heterocycles. The van der Waals surface area contributed by atoms with Crippen molar-refractivity contribution < 1.29 is 0 Å². The molecule has 1 aromatic carbocycles. The van der Waals surface area contributed by atoms with E-state index >= 15 is 0 Å². The monoisotopic (exact) mass is 258 g/mol. The fourth-order valence-corrected chi connectivity index (χ4v) is 3.66. The minimum absolute atomic E-state index is 0.556. The van der Waals surface area contributed by atoms with Gasteiger partial charge in [0.25, 0.3) is 0 Å². The van der Waals surface area contributed by atoms with Gasteiger partial charge >= 0.3 is 0 Å². The van der Waals surface area contributed by atoms with Crippen LogP contribution in [0.3, 0.4) is 0 Å². The molecule has 2 heteroatoms. The first-order valence-electron chi connectivity index (χ1n) is 7.68. The standard InChI is InChI=1S/C17H26N2/c1-17(2)9-7-14(8-10-17)19-16-6-3-12-11-13(18)4-5-15(12)16/h4-5,11,14,16,19H,3,6-10,18H2,1-2H3. The van der Waals surface area contributed by atoms with Crippen LogP contribution in [0.25, 0.3) is 0 Å². The van der Waals surface area contributed by atoms with Gasteiger partial charge in [-0.1, -0.05) is 19.9 Å². The highest BCUT2D eigenvalue weighted by molar-refractivity contribution is 5.47.